The Hall–Kier alpha value is -4.18. The minimum Gasteiger partial charge on any atom is -0.355 e. The molecule has 154 valence electrons. The van der Waals surface area contributed by atoms with Crippen LogP contribution in [0.2, 0.25) is 0 Å². The van der Waals surface area contributed by atoms with Crippen LogP contribution in [0, 0.1) is 13.8 Å². The van der Waals surface area contributed by atoms with E-state index in [4.69, 9.17) is 9.97 Å². The summed E-state index contributed by atoms with van der Waals surface area (Å²) in [5, 5.41) is 0. The van der Waals surface area contributed by atoms with E-state index in [2.05, 4.69) is 90.6 Å². The molecule has 2 aliphatic rings. The third-order valence-corrected chi connectivity index (χ3v) is 5.92. The summed E-state index contributed by atoms with van der Waals surface area (Å²) >= 11 is 0. The molecule has 4 heteroatoms. The number of nitrogens with zero attached hydrogens (tertiary/aromatic N) is 2. The molecule has 3 aromatic heterocycles. The van der Waals surface area contributed by atoms with Crippen LogP contribution >= 0.6 is 0 Å². The monoisotopic (exact) mass is 414 g/mol. The van der Waals surface area contributed by atoms with E-state index < -0.39 is 0 Å². The molecule has 0 aliphatic carbocycles. The van der Waals surface area contributed by atoms with Crippen molar-refractivity contribution in [2.45, 2.75) is 13.8 Å². The van der Waals surface area contributed by atoms with E-state index in [0.29, 0.717) is 0 Å². The summed E-state index contributed by atoms with van der Waals surface area (Å²) in [5.41, 5.74) is 12.8. The average molecular weight is 415 g/mol. The van der Waals surface area contributed by atoms with Gasteiger partial charge in [-0.3, -0.25) is 0 Å². The molecule has 6 rings (SSSR count). The molecule has 4 aromatic rings. The zero-order valence-corrected chi connectivity index (χ0v) is 18.0. The number of hydrogen-bond acceptors (Lipinski definition) is 2. The number of benzene rings is 1. The molecule has 0 unspecified atom stereocenters. The first-order valence-corrected chi connectivity index (χ1v) is 10.8. The highest BCUT2D eigenvalue weighted by molar-refractivity contribution is 5.90. The van der Waals surface area contributed by atoms with E-state index in [-0.39, 0.29) is 0 Å². The molecule has 4 nitrogen and oxygen atoms in total. The SMILES string of the molecule is Cc1cccc(C)c1-c1cc2cc3nc(cc4ccc(cc5nc(cc1[nH]2)C=C5)[nH]4)C=C3. The number of nitrogens with one attached hydrogen (secondary N) is 2. The van der Waals surface area contributed by atoms with Crippen LogP contribution in [0.3, 0.4) is 0 Å². The molecule has 5 heterocycles. The van der Waals surface area contributed by atoms with Gasteiger partial charge in [-0.2, -0.15) is 0 Å². The molecule has 1 aromatic carbocycles. The number of aryl methyl sites for hydroxylation is 2. The second-order valence-corrected chi connectivity index (χ2v) is 8.35. The Morgan fingerprint density at radius 2 is 1.09 bits per heavy atom. The van der Waals surface area contributed by atoms with Gasteiger partial charge in [0.05, 0.1) is 22.8 Å². The fraction of sp³-hybridized carbons (Fsp3) is 0.0714. The van der Waals surface area contributed by atoms with Crippen LogP contribution in [-0.2, 0) is 0 Å². The topological polar surface area (TPSA) is 57.4 Å². The zero-order chi connectivity index (χ0) is 21.7. The Balaban J connectivity index is 1.70. The molecule has 0 saturated heterocycles. The molecule has 0 spiro atoms. The van der Waals surface area contributed by atoms with Crippen molar-refractivity contribution in [3.63, 3.8) is 0 Å². The largest absolute Gasteiger partial charge is 0.355 e. The average Bonchev–Trinajstić information content (AvgIpc) is 3.54. The Bertz CT molecular complexity index is 1570. The summed E-state index contributed by atoms with van der Waals surface area (Å²) < 4.78 is 0. The lowest BCUT2D eigenvalue weighted by atomic mass is 9.96. The molecule has 8 bridgehead atoms. The number of aromatic nitrogens is 4. The summed E-state index contributed by atoms with van der Waals surface area (Å²) in [5.74, 6) is 0. The third kappa shape index (κ3) is 3.36. The van der Waals surface area contributed by atoms with Crippen molar-refractivity contribution in [2.24, 2.45) is 0 Å². The lowest BCUT2D eigenvalue weighted by molar-refractivity contribution is 1.31. The molecular formula is C28H22N4. The summed E-state index contributed by atoms with van der Waals surface area (Å²) in [6.45, 7) is 4.33. The van der Waals surface area contributed by atoms with E-state index >= 15 is 0 Å². The van der Waals surface area contributed by atoms with E-state index in [1.54, 1.807) is 0 Å². The number of rotatable bonds is 1. The zero-order valence-electron chi connectivity index (χ0n) is 18.0. The number of aromatic amines is 2. The summed E-state index contributed by atoms with van der Waals surface area (Å²) in [7, 11) is 0. The second kappa shape index (κ2) is 7.20. The first-order valence-electron chi connectivity index (χ1n) is 10.8. The first kappa shape index (κ1) is 18.6. The van der Waals surface area contributed by atoms with Gasteiger partial charge >= 0.3 is 0 Å². The predicted molar refractivity (Wildman–Crippen MR) is 134 cm³/mol. The molecule has 0 amide bonds. The first-order chi connectivity index (χ1) is 15.6. The fourth-order valence-electron chi connectivity index (χ4n) is 4.46. The van der Waals surface area contributed by atoms with Crippen LogP contribution in [0.25, 0.3) is 57.5 Å². The van der Waals surface area contributed by atoms with Gasteiger partial charge < -0.3 is 9.97 Å². The third-order valence-electron chi connectivity index (χ3n) is 5.92. The molecule has 0 fully saturated rings. The Kier molecular flexibility index (Phi) is 4.18. The normalized spacial score (nSPS) is 12.4. The van der Waals surface area contributed by atoms with Gasteiger partial charge in [-0.25, -0.2) is 9.97 Å². The van der Waals surface area contributed by atoms with Gasteiger partial charge in [0, 0.05) is 27.6 Å². The van der Waals surface area contributed by atoms with Crippen molar-refractivity contribution in [3.8, 4) is 11.1 Å². The minimum atomic E-state index is 0.927. The maximum atomic E-state index is 4.81. The Labute approximate surface area is 186 Å². The lowest BCUT2D eigenvalue weighted by Crippen LogP contribution is -1.86. The number of hydrogen-bond donors (Lipinski definition) is 2. The molecule has 0 atom stereocenters. The minimum absolute atomic E-state index is 0.927. The van der Waals surface area contributed by atoms with E-state index in [1.165, 1.54) is 22.3 Å². The van der Waals surface area contributed by atoms with Gasteiger partial charge in [-0.1, -0.05) is 18.2 Å². The van der Waals surface area contributed by atoms with E-state index in [9.17, 15) is 0 Å². The van der Waals surface area contributed by atoms with Gasteiger partial charge in [0.1, 0.15) is 0 Å². The van der Waals surface area contributed by atoms with Gasteiger partial charge in [-0.05, 0) is 97.3 Å². The van der Waals surface area contributed by atoms with E-state index in [0.717, 1.165) is 44.8 Å². The van der Waals surface area contributed by atoms with Gasteiger partial charge in [0.2, 0.25) is 0 Å². The van der Waals surface area contributed by atoms with Crippen LogP contribution in [-0.4, -0.2) is 19.9 Å². The Morgan fingerprint density at radius 1 is 0.562 bits per heavy atom. The molecular weight excluding hydrogens is 392 g/mol. The highest BCUT2D eigenvalue weighted by Crippen LogP contribution is 2.32. The van der Waals surface area contributed by atoms with Crippen molar-refractivity contribution < 1.29 is 0 Å². The molecule has 0 saturated carbocycles. The quantitative estimate of drug-likeness (QED) is 0.306. The van der Waals surface area contributed by atoms with Crippen molar-refractivity contribution in [1.29, 1.82) is 0 Å². The van der Waals surface area contributed by atoms with Crippen molar-refractivity contribution in [1.82, 2.24) is 19.9 Å². The summed E-state index contributed by atoms with van der Waals surface area (Å²) in [4.78, 5) is 16.6. The highest BCUT2D eigenvalue weighted by atomic mass is 14.8. The number of H-pyrrole nitrogens is 2. The smallest absolute Gasteiger partial charge is 0.0658 e. The molecule has 2 aliphatic heterocycles. The fourth-order valence-corrected chi connectivity index (χ4v) is 4.46. The Morgan fingerprint density at radius 3 is 1.69 bits per heavy atom. The van der Waals surface area contributed by atoms with Crippen LogP contribution in [0.15, 0.2) is 60.7 Å². The van der Waals surface area contributed by atoms with Crippen LogP contribution in [0.5, 0.6) is 0 Å². The maximum absolute atomic E-state index is 4.81. The number of fused-ring (bicyclic) bond motifs is 8. The van der Waals surface area contributed by atoms with Gasteiger partial charge in [-0.15, -0.1) is 0 Å². The van der Waals surface area contributed by atoms with Crippen molar-refractivity contribution in [3.05, 3.63) is 94.6 Å². The van der Waals surface area contributed by atoms with Crippen molar-refractivity contribution >= 4 is 46.4 Å². The van der Waals surface area contributed by atoms with Crippen LogP contribution < -0.4 is 0 Å². The lowest BCUT2D eigenvalue weighted by Gasteiger charge is -2.08. The highest BCUT2D eigenvalue weighted by Gasteiger charge is 2.11. The summed E-state index contributed by atoms with van der Waals surface area (Å²) in [6.07, 6.45) is 8.20. The van der Waals surface area contributed by atoms with Gasteiger partial charge in [0.15, 0.2) is 0 Å². The molecule has 2 N–H and O–H groups in total. The molecule has 0 radical (unpaired) electrons. The standard InChI is InChI=1S/C28H22N4/c1-17-4-3-5-18(2)28(17)26-15-25-14-23-9-8-21(30-23)12-19-6-7-20(29-19)13-22-10-11-24(31-22)16-27(26)32-25/h3-16,29,32H,1-2H3. The molecule has 32 heavy (non-hydrogen) atoms. The van der Waals surface area contributed by atoms with E-state index in [1.807, 2.05) is 18.2 Å². The van der Waals surface area contributed by atoms with Crippen LogP contribution in [0.4, 0.5) is 0 Å². The summed E-state index contributed by atoms with van der Waals surface area (Å²) in [6, 6.07) is 21.1. The predicted octanol–water partition coefficient (Wildman–Crippen LogP) is 6.94. The van der Waals surface area contributed by atoms with Crippen molar-refractivity contribution in [2.75, 3.05) is 0 Å². The maximum Gasteiger partial charge on any atom is 0.0658 e. The second-order valence-electron chi connectivity index (χ2n) is 8.35. The van der Waals surface area contributed by atoms with Gasteiger partial charge in [0.25, 0.3) is 0 Å². The van der Waals surface area contributed by atoms with Crippen LogP contribution in [0.1, 0.15) is 33.9 Å².